The van der Waals surface area contributed by atoms with Crippen LogP contribution in [0.1, 0.15) is 29.3 Å². The Morgan fingerprint density at radius 3 is 2.94 bits per heavy atom. The molecule has 0 aliphatic carbocycles. The Balaban J connectivity index is 2.12. The SMILES string of the molecule is Cc1nc2cc(C3CCNC3)c(C)cc2[nH]1. The summed E-state index contributed by atoms with van der Waals surface area (Å²) in [6.07, 6.45) is 1.25. The smallest absolute Gasteiger partial charge is 0.104 e. The molecule has 16 heavy (non-hydrogen) atoms. The van der Waals surface area contributed by atoms with Crippen LogP contribution in [0.3, 0.4) is 0 Å². The second-order valence-electron chi connectivity index (χ2n) is 4.74. The summed E-state index contributed by atoms with van der Waals surface area (Å²) < 4.78 is 0. The normalized spacial score (nSPS) is 20.8. The van der Waals surface area contributed by atoms with Crippen LogP contribution in [0.5, 0.6) is 0 Å². The maximum Gasteiger partial charge on any atom is 0.104 e. The lowest BCUT2D eigenvalue weighted by Gasteiger charge is -2.12. The van der Waals surface area contributed by atoms with Crippen molar-refractivity contribution in [2.75, 3.05) is 13.1 Å². The van der Waals surface area contributed by atoms with Crippen LogP contribution >= 0.6 is 0 Å². The molecule has 1 unspecified atom stereocenters. The minimum Gasteiger partial charge on any atom is -0.342 e. The fourth-order valence-corrected chi connectivity index (χ4v) is 2.67. The van der Waals surface area contributed by atoms with E-state index in [0.717, 1.165) is 29.9 Å². The van der Waals surface area contributed by atoms with Crippen molar-refractivity contribution in [3.05, 3.63) is 29.1 Å². The van der Waals surface area contributed by atoms with Gasteiger partial charge in [0.1, 0.15) is 5.82 Å². The van der Waals surface area contributed by atoms with Crippen molar-refractivity contribution in [3.8, 4) is 0 Å². The highest BCUT2D eigenvalue weighted by Gasteiger charge is 2.19. The van der Waals surface area contributed by atoms with E-state index in [4.69, 9.17) is 0 Å². The highest BCUT2D eigenvalue weighted by Crippen LogP contribution is 2.28. The molecule has 1 aromatic heterocycles. The second kappa shape index (κ2) is 3.59. The highest BCUT2D eigenvalue weighted by molar-refractivity contribution is 5.77. The van der Waals surface area contributed by atoms with Gasteiger partial charge in [0.25, 0.3) is 0 Å². The molecule has 3 heteroatoms. The van der Waals surface area contributed by atoms with Crippen LogP contribution in [0.25, 0.3) is 11.0 Å². The molecule has 3 nitrogen and oxygen atoms in total. The summed E-state index contributed by atoms with van der Waals surface area (Å²) in [6.45, 7) is 6.45. The van der Waals surface area contributed by atoms with Gasteiger partial charge in [0.2, 0.25) is 0 Å². The summed E-state index contributed by atoms with van der Waals surface area (Å²) >= 11 is 0. The number of benzene rings is 1. The topological polar surface area (TPSA) is 40.7 Å². The van der Waals surface area contributed by atoms with Crippen LogP contribution in [-0.4, -0.2) is 23.1 Å². The van der Waals surface area contributed by atoms with Gasteiger partial charge in [0.15, 0.2) is 0 Å². The Morgan fingerprint density at radius 1 is 1.31 bits per heavy atom. The zero-order valence-corrected chi connectivity index (χ0v) is 9.80. The summed E-state index contributed by atoms with van der Waals surface area (Å²) in [7, 11) is 0. The Morgan fingerprint density at radius 2 is 2.19 bits per heavy atom. The lowest BCUT2D eigenvalue weighted by Crippen LogP contribution is -2.08. The monoisotopic (exact) mass is 215 g/mol. The quantitative estimate of drug-likeness (QED) is 0.766. The largest absolute Gasteiger partial charge is 0.342 e. The number of imidazole rings is 1. The molecule has 2 N–H and O–H groups in total. The molecule has 0 spiro atoms. The molecule has 1 saturated heterocycles. The van der Waals surface area contributed by atoms with Crippen molar-refractivity contribution in [2.24, 2.45) is 0 Å². The molecule has 1 fully saturated rings. The molecule has 1 aliphatic rings. The van der Waals surface area contributed by atoms with Gasteiger partial charge in [-0.05, 0) is 56.0 Å². The fourth-order valence-electron chi connectivity index (χ4n) is 2.67. The van der Waals surface area contributed by atoms with Crippen molar-refractivity contribution in [1.29, 1.82) is 0 Å². The standard InChI is InChI=1S/C13H17N3/c1-8-5-12-13(16-9(2)15-12)6-11(8)10-3-4-14-7-10/h5-6,10,14H,3-4,7H2,1-2H3,(H,15,16). The molecular weight excluding hydrogens is 198 g/mol. The molecule has 1 aliphatic heterocycles. The van der Waals surface area contributed by atoms with Crippen molar-refractivity contribution < 1.29 is 0 Å². The highest BCUT2D eigenvalue weighted by atomic mass is 14.9. The van der Waals surface area contributed by atoms with E-state index in [1.165, 1.54) is 17.5 Å². The van der Waals surface area contributed by atoms with Crippen LogP contribution in [0, 0.1) is 13.8 Å². The molecule has 2 aromatic rings. The Hall–Kier alpha value is -1.35. The number of fused-ring (bicyclic) bond motifs is 1. The van der Waals surface area contributed by atoms with E-state index in [1.807, 2.05) is 6.92 Å². The molecule has 2 heterocycles. The number of rotatable bonds is 1. The third kappa shape index (κ3) is 1.52. The lowest BCUT2D eigenvalue weighted by atomic mass is 9.94. The minimum atomic E-state index is 0.668. The third-order valence-electron chi connectivity index (χ3n) is 3.49. The molecule has 1 atom stereocenters. The first-order valence-corrected chi connectivity index (χ1v) is 5.91. The van der Waals surface area contributed by atoms with E-state index in [9.17, 15) is 0 Å². The predicted octanol–water partition coefficient (Wildman–Crippen LogP) is 2.26. The summed E-state index contributed by atoms with van der Waals surface area (Å²) in [6, 6.07) is 4.48. The van der Waals surface area contributed by atoms with Crippen LogP contribution in [0.2, 0.25) is 0 Å². The van der Waals surface area contributed by atoms with Gasteiger partial charge in [-0.3, -0.25) is 0 Å². The van der Waals surface area contributed by atoms with Crippen molar-refractivity contribution >= 4 is 11.0 Å². The number of nitrogens with zero attached hydrogens (tertiary/aromatic N) is 1. The second-order valence-corrected chi connectivity index (χ2v) is 4.74. The van der Waals surface area contributed by atoms with Crippen LogP contribution in [0.4, 0.5) is 0 Å². The van der Waals surface area contributed by atoms with E-state index in [2.05, 4.69) is 34.3 Å². The van der Waals surface area contributed by atoms with Gasteiger partial charge in [-0.1, -0.05) is 0 Å². The number of nitrogens with one attached hydrogen (secondary N) is 2. The Labute approximate surface area is 95.3 Å². The van der Waals surface area contributed by atoms with E-state index in [1.54, 1.807) is 0 Å². The lowest BCUT2D eigenvalue weighted by molar-refractivity contribution is 0.758. The van der Waals surface area contributed by atoms with Crippen molar-refractivity contribution in [1.82, 2.24) is 15.3 Å². The number of aromatic nitrogens is 2. The zero-order chi connectivity index (χ0) is 11.1. The summed E-state index contributed by atoms with van der Waals surface area (Å²) in [4.78, 5) is 7.80. The maximum absolute atomic E-state index is 4.51. The molecule has 0 saturated carbocycles. The van der Waals surface area contributed by atoms with Crippen LogP contribution < -0.4 is 5.32 Å². The van der Waals surface area contributed by atoms with Crippen LogP contribution in [-0.2, 0) is 0 Å². The van der Waals surface area contributed by atoms with Gasteiger partial charge in [-0.15, -0.1) is 0 Å². The fraction of sp³-hybridized carbons (Fsp3) is 0.462. The average molecular weight is 215 g/mol. The minimum absolute atomic E-state index is 0.668. The first-order chi connectivity index (χ1) is 7.74. The van der Waals surface area contributed by atoms with Crippen molar-refractivity contribution in [2.45, 2.75) is 26.2 Å². The zero-order valence-electron chi connectivity index (χ0n) is 9.80. The van der Waals surface area contributed by atoms with E-state index < -0.39 is 0 Å². The number of hydrogen-bond donors (Lipinski definition) is 2. The number of aromatic amines is 1. The molecule has 0 radical (unpaired) electrons. The van der Waals surface area contributed by atoms with E-state index >= 15 is 0 Å². The number of H-pyrrole nitrogens is 1. The molecule has 3 rings (SSSR count). The molecular formula is C13H17N3. The van der Waals surface area contributed by atoms with Gasteiger partial charge in [-0.2, -0.15) is 0 Å². The average Bonchev–Trinajstić information content (AvgIpc) is 2.83. The van der Waals surface area contributed by atoms with E-state index in [0.29, 0.717) is 5.92 Å². The Bertz CT molecular complexity index is 521. The summed E-state index contributed by atoms with van der Waals surface area (Å²) in [5.41, 5.74) is 5.10. The number of aryl methyl sites for hydroxylation is 2. The molecule has 0 amide bonds. The van der Waals surface area contributed by atoms with Gasteiger partial charge in [0.05, 0.1) is 11.0 Å². The first kappa shape index (κ1) is 9.85. The Kier molecular flexibility index (Phi) is 2.21. The van der Waals surface area contributed by atoms with Crippen LogP contribution in [0.15, 0.2) is 12.1 Å². The maximum atomic E-state index is 4.51. The van der Waals surface area contributed by atoms with Gasteiger partial charge < -0.3 is 10.3 Å². The predicted molar refractivity (Wildman–Crippen MR) is 65.8 cm³/mol. The van der Waals surface area contributed by atoms with Gasteiger partial charge in [0, 0.05) is 6.54 Å². The first-order valence-electron chi connectivity index (χ1n) is 5.91. The van der Waals surface area contributed by atoms with Crippen molar-refractivity contribution in [3.63, 3.8) is 0 Å². The number of hydrogen-bond acceptors (Lipinski definition) is 2. The van der Waals surface area contributed by atoms with Gasteiger partial charge >= 0.3 is 0 Å². The summed E-state index contributed by atoms with van der Waals surface area (Å²) in [5, 5.41) is 3.42. The summed E-state index contributed by atoms with van der Waals surface area (Å²) in [5.74, 6) is 1.66. The molecule has 1 aromatic carbocycles. The molecule has 0 bridgehead atoms. The molecule has 84 valence electrons. The van der Waals surface area contributed by atoms with Gasteiger partial charge in [-0.25, -0.2) is 4.98 Å². The van der Waals surface area contributed by atoms with E-state index in [-0.39, 0.29) is 0 Å². The third-order valence-corrected chi connectivity index (χ3v) is 3.49.